The molecule has 1 aromatic rings. The summed E-state index contributed by atoms with van der Waals surface area (Å²) in [6.07, 6.45) is 6.11. The summed E-state index contributed by atoms with van der Waals surface area (Å²) in [6, 6.07) is 7.11. The molecule has 1 aliphatic rings. The van der Waals surface area contributed by atoms with E-state index < -0.39 is 10.0 Å². The maximum atomic E-state index is 12.4. The molecule has 118 valence electrons. The molecule has 1 saturated carbocycles. The largest absolute Gasteiger partial charge is 0.330 e. The summed E-state index contributed by atoms with van der Waals surface area (Å²) >= 11 is 0. The van der Waals surface area contributed by atoms with Crippen molar-refractivity contribution < 1.29 is 8.42 Å². The molecule has 4 nitrogen and oxygen atoms in total. The molecule has 0 saturated heterocycles. The van der Waals surface area contributed by atoms with E-state index in [4.69, 9.17) is 5.73 Å². The van der Waals surface area contributed by atoms with Crippen LogP contribution in [0, 0.1) is 5.92 Å². The van der Waals surface area contributed by atoms with Gasteiger partial charge in [-0.25, -0.2) is 13.1 Å². The number of rotatable bonds is 6. The van der Waals surface area contributed by atoms with Crippen LogP contribution in [0.15, 0.2) is 29.2 Å². The smallest absolute Gasteiger partial charge is 0.240 e. The van der Waals surface area contributed by atoms with Crippen LogP contribution in [-0.4, -0.2) is 21.0 Å². The van der Waals surface area contributed by atoms with Crippen molar-refractivity contribution in [1.29, 1.82) is 0 Å². The first-order valence-electron chi connectivity index (χ1n) is 7.86. The Hall–Kier alpha value is -0.910. The Kier molecular flexibility index (Phi) is 5.79. The van der Waals surface area contributed by atoms with E-state index in [9.17, 15) is 8.42 Å². The molecule has 0 atom stereocenters. The Labute approximate surface area is 128 Å². The first-order valence-corrected chi connectivity index (χ1v) is 9.34. The zero-order valence-corrected chi connectivity index (χ0v) is 13.5. The fourth-order valence-electron chi connectivity index (χ4n) is 2.98. The zero-order valence-electron chi connectivity index (χ0n) is 12.7. The summed E-state index contributed by atoms with van der Waals surface area (Å²) in [6.45, 7) is 2.78. The number of hydrogen-bond donors (Lipinski definition) is 2. The second-order valence-corrected chi connectivity index (χ2v) is 7.64. The van der Waals surface area contributed by atoms with Crippen molar-refractivity contribution in [3.05, 3.63) is 29.8 Å². The van der Waals surface area contributed by atoms with Gasteiger partial charge in [-0.15, -0.1) is 0 Å². The SMILES string of the molecule is CCC1CCC(NS(=O)(=O)c2ccc(CCN)cc2)CC1. The van der Waals surface area contributed by atoms with Crippen LogP contribution in [0.4, 0.5) is 0 Å². The molecule has 21 heavy (non-hydrogen) atoms. The van der Waals surface area contributed by atoms with E-state index >= 15 is 0 Å². The van der Waals surface area contributed by atoms with Gasteiger partial charge in [0.2, 0.25) is 10.0 Å². The molecular formula is C16H26N2O2S. The van der Waals surface area contributed by atoms with Gasteiger partial charge in [-0.05, 0) is 62.3 Å². The van der Waals surface area contributed by atoms with E-state index in [2.05, 4.69) is 11.6 Å². The zero-order chi connectivity index (χ0) is 15.3. The monoisotopic (exact) mass is 310 g/mol. The van der Waals surface area contributed by atoms with E-state index in [0.29, 0.717) is 11.4 Å². The van der Waals surface area contributed by atoms with Gasteiger partial charge in [-0.3, -0.25) is 0 Å². The molecule has 0 aromatic heterocycles. The summed E-state index contributed by atoms with van der Waals surface area (Å²) in [5, 5.41) is 0. The highest BCUT2D eigenvalue weighted by Crippen LogP contribution is 2.27. The first-order chi connectivity index (χ1) is 10.0. The van der Waals surface area contributed by atoms with Crippen molar-refractivity contribution in [1.82, 2.24) is 4.72 Å². The van der Waals surface area contributed by atoms with Crippen molar-refractivity contribution in [3.8, 4) is 0 Å². The molecule has 1 aromatic carbocycles. The lowest BCUT2D eigenvalue weighted by Crippen LogP contribution is -2.37. The number of hydrogen-bond acceptors (Lipinski definition) is 3. The van der Waals surface area contributed by atoms with Gasteiger partial charge < -0.3 is 5.73 Å². The van der Waals surface area contributed by atoms with Gasteiger partial charge in [0.15, 0.2) is 0 Å². The molecule has 0 aliphatic heterocycles. The molecular weight excluding hydrogens is 284 g/mol. The molecule has 0 amide bonds. The lowest BCUT2D eigenvalue weighted by Gasteiger charge is -2.28. The average Bonchev–Trinajstić information content (AvgIpc) is 2.48. The van der Waals surface area contributed by atoms with Crippen molar-refractivity contribution in [2.45, 2.75) is 56.4 Å². The number of benzene rings is 1. The summed E-state index contributed by atoms with van der Waals surface area (Å²) in [4.78, 5) is 0.348. The maximum Gasteiger partial charge on any atom is 0.240 e. The highest BCUT2D eigenvalue weighted by Gasteiger charge is 2.24. The van der Waals surface area contributed by atoms with E-state index in [1.807, 2.05) is 12.1 Å². The molecule has 0 bridgehead atoms. The minimum atomic E-state index is -3.40. The normalized spacial score (nSPS) is 23.1. The third kappa shape index (κ3) is 4.53. The predicted molar refractivity (Wildman–Crippen MR) is 85.6 cm³/mol. The molecule has 3 N–H and O–H groups in total. The minimum Gasteiger partial charge on any atom is -0.330 e. The Bertz CT molecular complexity index is 532. The fourth-order valence-corrected chi connectivity index (χ4v) is 4.28. The highest BCUT2D eigenvalue weighted by molar-refractivity contribution is 7.89. The molecule has 1 aliphatic carbocycles. The van der Waals surface area contributed by atoms with Crippen LogP contribution in [0.5, 0.6) is 0 Å². The van der Waals surface area contributed by atoms with Crippen LogP contribution in [0.25, 0.3) is 0 Å². The summed E-state index contributed by atoms with van der Waals surface area (Å²) in [5.41, 5.74) is 6.57. The number of sulfonamides is 1. The quantitative estimate of drug-likeness (QED) is 0.847. The van der Waals surface area contributed by atoms with Gasteiger partial charge in [0.05, 0.1) is 4.90 Å². The topological polar surface area (TPSA) is 72.2 Å². The summed E-state index contributed by atoms with van der Waals surface area (Å²) in [5.74, 6) is 0.765. The van der Waals surface area contributed by atoms with Crippen LogP contribution >= 0.6 is 0 Å². The summed E-state index contributed by atoms with van der Waals surface area (Å²) < 4.78 is 27.6. The van der Waals surface area contributed by atoms with Crippen molar-refractivity contribution in [3.63, 3.8) is 0 Å². The highest BCUT2D eigenvalue weighted by atomic mass is 32.2. The van der Waals surface area contributed by atoms with Crippen molar-refractivity contribution in [2.24, 2.45) is 11.7 Å². The summed E-state index contributed by atoms with van der Waals surface area (Å²) in [7, 11) is -3.40. The molecule has 0 spiro atoms. The van der Waals surface area contributed by atoms with E-state index in [1.165, 1.54) is 6.42 Å². The van der Waals surface area contributed by atoms with Gasteiger partial charge >= 0.3 is 0 Å². The molecule has 5 heteroatoms. The van der Waals surface area contributed by atoms with Gasteiger partial charge in [-0.2, -0.15) is 0 Å². The van der Waals surface area contributed by atoms with Gasteiger partial charge in [-0.1, -0.05) is 25.5 Å². The third-order valence-corrected chi connectivity index (χ3v) is 5.95. The van der Waals surface area contributed by atoms with Gasteiger partial charge in [0.1, 0.15) is 0 Å². The number of nitrogens with two attached hydrogens (primary N) is 1. The Morgan fingerprint density at radius 2 is 1.76 bits per heavy atom. The molecule has 0 heterocycles. The molecule has 2 rings (SSSR count). The van der Waals surface area contributed by atoms with E-state index in [1.54, 1.807) is 12.1 Å². The van der Waals surface area contributed by atoms with Crippen molar-refractivity contribution >= 4 is 10.0 Å². The molecule has 0 radical (unpaired) electrons. The second-order valence-electron chi connectivity index (χ2n) is 5.93. The standard InChI is InChI=1S/C16H26N2O2S/c1-2-13-3-7-15(8-4-13)18-21(19,20)16-9-5-14(6-10-16)11-12-17/h5-6,9-10,13,15,18H,2-4,7-8,11-12,17H2,1H3. The lowest BCUT2D eigenvalue weighted by molar-refractivity contribution is 0.306. The van der Waals surface area contributed by atoms with Crippen LogP contribution in [0.2, 0.25) is 0 Å². The Balaban J connectivity index is 1.98. The minimum absolute atomic E-state index is 0.0847. The van der Waals surface area contributed by atoms with Crippen LogP contribution < -0.4 is 10.5 Å². The van der Waals surface area contributed by atoms with Gasteiger partial charge in [0.25, 0.3) is 0 Å². The van der Waals surface area contributed by atoms with Crippen LogP contribution in [0.1, 0.15) is 44.6 Å². The first kappa shape index (κ1) is 16.5. The van der Waals surface area contributed by atoms with Crippen LogP contribution in [-0.2, 0) is 16.4 Å². The molecule has 1 fully saturated rings. The lowest BCUT2D eigenvalue weighted by atomic mass is 9.85. The van der Waals surface area contributed by atoms with Crippen molar-refractivity contribution in [2.75, 3.05) is 6.54 Å². The predicted octanol–water partition coefficient (Wildman–Crippen LogP) is 2.43. The van der Waals surface area contributed by atoms with E-state index in [-0.39, 0.29) is 6.04 Å². The Morgan fingerprint density at radius 1 is 1.14 bits per heavy atom. The van der Waals surface area contributed by atoms with E-state index in [0.717, 1.165) is 43.6 Å². The van der Waals surface area contributed by atoms with Gasteiger partial charge in [0, 0.05) is 6.04 Å². The molecule has 0 unspecified atom stereocenters. The third-order valence-electron chi connectivity index (χ3n) is 4.41. The average molecular weight is 310 g/mol. The fraction of sp³-hybridized carbons (Fsp3) is 0.625. The maximum absolute atomic E-state index is 12.4. The number of nitrogens with one attached hydrogen (secondary N) is 1. The van der Waals surface area contributed by atoms with Crippen LogP contribution in [0.3, 0.4) is 0 Å². The Morgan fingerprint density at radius 3 is 2.29 bits per heavy atom. The second kappa shape index (κ2) is 7.38.